The highest BCUT2D eigenvalue weighted by Gasteiger charge is 2.30. The minimum atomic E-state index is -0.221. The van der Waals surface area contributed by atoms with Crippen LogP contribution in [-0.4, -0.2) is 17.3 Å². The van der Waals surface area contributed by atoms with E-state index in [1.807, 2.05) is 25.1 Å². The molecule has 1 atom stereocenters. The normalized spacial score (nSPS) is 13.4. The van der Waals surface area contributed by atoms with Crippen LogP contribution in [-0.2, 0) is 4.74 Å². The molecular formula is C15H21N3O2. The van der Waals surface area contributed by atoms with Gasteiger partial charge in [0.2, 0.25) is 5.82 Å². The molecule has 0 bridgehead atoms. The molecule has 5 nitrogen and oxygen atoms in total. The molecular weight excluding hydrogens is 254 g/mol. The zero-order chi connectivity index (χ0) is 14.9. The molecule has 1 aromatic heterocycles. The van der Waals surface area contributed by atoms with Crippen LogP contribution in [0, 0.1) is 12.3 Å². The van der Waals surface area contributed by atoms with Crippen LogP contribution >= 0.6 is 0 Å². The highest BCUT2D eigenvalue weighted by Crippen LogP contribution is 2.35. The molecule has 0 aliphatic rings. The highest BCUT2D eigenvalue weighted by molar-refractivity contribution is 5.66. The number of nitrogens with zero attached hydrogens (tertiary/aromatic N) is 2. The van der Waals surface area contributed by atoms with E-state index in [0.717, 1.165) is 11.1 Å². The fourth-order valence-electron chi connectivity index (χ4n) is 2.18. The van der Waals surface area contributed by atoms with Crippen LogP contribution in [0.2, 0.25) is 0 Å². The first-order valence-electron chi connectivity index (χ1n) is 6.56. The van der Waals surface area contributed by atoms with E-state index >= 15 is 0 Å². The molecule has 5 heteroatoms. The predicted octanol–water partition coefficient (Wildman–Crippen LogP) is 3.36. The third-order valence-corrected chi connectivity index (χ3v) is 3.30. The van der Waals surface area contributed by atoms with Crippen molar-refractivity contribution < 1.29 is 9.26 Å². The second kappa shape index (κ2) is 5.25. The van der Waals surface area contributed by atoms with Crippen molar-refractivity contribution in [2.24, 2.45) is 5.41 Å². The van der Waals surface area contributed by atoms with Crippen molar-refractivity contribution in [3.8, 4) is 11.5 Å². The van der Waals surface area contributed by atoms with Crippen molar-refractivity contribution in [3.63, 3.8) is 0 Å². The Labute approximate surface area is 119 Å². The summed E-state index contributed by atoms with van der Waals surface area (Å²) in [4.78, 5) is 4.46. The van der Waals surface area contributed by atoms with Crippen LogP contribution in [0.4, 0.5) is 5.69 Å². The van der Waals surface area contributed by atoms with Gasteiger partial charge in [0.05, 0.1) is 0 Å². The molecule has 0 aliphatic heterocycles. The second-order valence-corrected chi connectivity index (χ2v) is 5.96. The summed E-state index contributed by atoms with van der Waals surface area (Å²) in [6.07, 6.45) is -0.221. The monoisotopic (exact) mass is 275 g/mol. The van der Waals surface area contributed by atoms with E-state index in [-0.39, 0.29) is 11.5 Å². The number of benzene rings is 1. The lowest BCUT2D eigenvalue weighted by atomic mass is 9.88. The zero-order valence-electron chi connectivity index (χ0n) is 12.6. The lowest BCUT2D eigenvalue weighted by molar-refractivity contribution is 0.00718. The van der Waals surface area contributed by atoms with Gasteiger partial charge >= 0.3 is 0 Å². The summed E-state index contributed by atoms with van der Waals surface area (Å²) in [6, 6.07) is 5.64. The van der Waals surface area contributed by atoms with Gasteiger partial charge in [0.25, 0.3) is 5.89 Å². The number of hydrogen-bond acceptors (Lipinski definition) is 5. The van der Waals surface area contributed by atoms with Gasteiger partial charge in [-0.05, 0) is 30.0 Å². The van der Waals surface area contributed by atoms with Gasteiger partial charge < -0.3 is 15.0 Å². The third kappa shape index (κ3) is 2.67. The topological polar surface area (TPSA) is 74.2 Å². The summed E-state index contributed by atoms with van der Waals surface area (Å²) in [5, 5.41) is 4.05. The Kier molecular flexibility index (Phi) is 3.81. The minimum Gasteiger partial charge on any atom is -0.398 e. The second-order valence-electron chi connectivity index (χ2n) is 5.96. The Hall–Kier alpha value is -1.88. The van der Waals surface area contributed by atoms with Crippen molar-refractivity contribution in [2.45, 2.75) is 33.8 Å². The van der Waals surface area contributed by atoms with Crippen molar-refractivity contribution >= 4 is 5.69 Å². The molecule has 0 fully saturated rings. The van der Waals surface area contributed by atoms with Gasteiger partial charge in [0.1, 0.15) is 6.10 Å². The largest absolute Gasteiger partial charge is 0.398 e. The molecule has 1 heterocycles. The fraction of sp³-hybridized carbons (Fsp3) is 0.467. The maximum Gasteiger partial charge on any atom is 0.258 e. The van der Waals surface area contributed by atoms with Crippen LogP contribution in [0.15, 0.2) is 22.7 Å². The van der Waals surface area contributed by atoms with E-state index in [1.54, 1.807) is 7.11 Å². The van der Waals surface area contributed by atoms with E-state index in [4.69, 9.17) is 15.0 Å². The summed E-state index contributed by atoms with van der Waals surface area (Å²) in [6.45, 7) is 8.15. The summed E-state index contributed by atoms with van der Waals surface area (Å²) < 4.78 is 10.9. The van der Waals surface area contributed by atoms with Gasteiger partial charge in [-0.2, -0.15) is 4.98 Å². The lowest BCUT2D eigenvalue weighted by Gasteiger charge is -2.26. The summed E-state index contributed by atoms with van der Waals surface area (Å²) in [7, 11) is 1.65. The van der Waals surface area contributed by atoms with Gasteiger partial charge in [-0.3, -0.25) is 0 Å². The Morgan fingerprint density at radius 2 is 2.00 bits per heavy atom. The third-order valence-electron chi connectivity index (χ3n) is 3.30. The molecule has 2 N–H and O–H groups in total. The fourth-order valence-corrected chi connectivity index (χ4v) is 2.18. The number of nitrogens with two attached hydrogens (primary N) is 1. The molecule has 1 unspecified atom stereocenters. The SMILES string of the molecule is COC(c1noc(-c2cccc(N)c2C)n1)C(C)(C)C. The molecule has 0 aliphatic carbocycles. The van der Waals surface area contributed by atoms with Crippen LogP contribution in [0.25, 0.3) is 11.5 Å². The highest BCUT2D eigenvalue weighted by atomic mass is 16.5. The van der Waals surface area contributed by atoms with E-state index in [0.29, 0.717) is 17.4 Å². The predicted molar refractivity (Wildman–Crippen MR) is 78.1 cm³/mol. The quantitative estimate of drug-likeness (QED) is 0.869. The molecule has 1 aromatic carbocycles. The maximum atomic E-state index is 5.91. The van der Waals surface area contributed by atoms with E-state index in [1.165, 1.54) is 0 Å². The smallest absolute Gasteiger partial charge is 0.258 e. The summed E-state index contributed by atoms with van der Waals surface area (Å²) in [5.74, 6) is 1.02. The Bertz CT molecular complexity index is 599. The van der Waals surface area contributed by atoms with Crippen LogP contribution in [0.3, 0.4) is 0 Å². The first-order valence-corrected chi connectivity index (χ1v) is 6.56. The molecule has 0 radical (unpaired) electrons. The van der Waals surface area contributed by atoms with Gasteiger partial charge in [0.15, 0.2) is 0 Å². The van der Waals surface area contributed by atoms with Crippen LogP contribution in [0.5, 0.6) is 0 Å². The van der Waals surface area contributed by atoms with Gasteiger partial charge in [0, 0.05) is 18.4 Å². The molecule has 0 amide bonds. The minimum absolute atomic E-state index is 0.110. The van der Waals surface area contributed by atoms with Crippen molar-refractivity contribution in [2.75, 3.05) is 12.8 Å². The molecule has 0 saturated heterocycles. The van der Waals surface area contributed by atoms with E-state index in [2.05, 4.69) is 30.9 Å². The number of methoxy groups -OCH3 is 1. The number of nitrogen functional groups attached to an aromatic ring is 1. The summed E-state index contributed by atoms with van der Waals surface area (Å²) >= 11 is 0. The number of ether oxygens (including phenoxy) is 1. The van der Waals surface area contributed by atoms with E-state index in [9.17, 15) is 0 Å². The lowest BCUT2D eigenvalue weighted by Crippen LogP contribution is -2.21. The molecule has 2 rings (SSSR count). The molecule has 0 saturated carbocycles. The van der Waals surface area contributed by atoms with Crippen molar-refractivity contribution in [1.29, 1.82) is 0 Å². The van der Waals surface area contributed by atoms with Crippen LogP contribution < -0.4 is 5.73 Å². The van der Waals surface area contributed by atoms with Crippen molar-refractivity contribution in [1.82, 2.24) is 10.1 Å². The average molecular weight is 275 g/mol. The molecule has 108 valence electrons. The number of anilines is 1. The Morgan fingerprint density at radius 3 is 2.60 bits per heavy atom. The summed E-state index contributed by atoms with van der Waals surface area (Å²) in [5.41, 5.74) is 8.30. The van der Waals surface area contributed by atoms with Gasteiger partial charge in [-0.15, -0.1) is 0 Å². The number of aromatic nitrogens is 2. The standard InChI is InChI=1S/C15H21N3O2/c1-9-10(7-6-8-11(9)16)14-17-13(18-20-14)12(19-5)15(2,3)4/h6-8,12H,16H2,1-5H3. The molecule has 20 heavy (non-hydrogen) atoms. The zero-order valence-corrected chi connectivity index (χ0v) is 12.6. The number of hydrogen-bond donors (Lipinski definition) is 1. The van der Waals surface area contributed by atoms with Gasteiger partial charge in [-0.1, -0.05) is 32.0 Å². The molecule has 2 aromatic rings. The van der Waals surface area contributed by atoms with Crippen LogP contribution in [0.1, 0.15) is 38.3 Å². The first kappa shape index (κ1) is 14.5. The first-order chi connectivity index (χ1) is 9.34. The van der Waals surface area contributed by atoms with Crippen molar-refractivity contribution in [3.05, 3.63) is 29.6 Å². The Morgan fingerprint density at radius 1 is 1.30 bits per heavy atom. The number of rotatable bonds is 3. The maximum absolute atomic E-state index is 5.91. The average Bonchev–Trinajstić information content (AvgIpc) is 2.81. The van der Waals surface area contributed by atoms with E-state index < -0.39 is 0 Å². The van der Waals surface area contributed by atoms with Gasteiger partial charge in [-0.25, -0.2) is 0 Å². The Balaban J connectivity index is 2.41. The molecule has 0 spiro atoms.